The van der Waals surface area contributed by atoms with Crippen molar-refractivity contribution in [2.75, 3.05) is 19.0 Å². The number of pyridine rings is 2. The molecule has 176 valence electrons. The lowest BCUT2D eigenvalue weighted by Crippen LogP contribution is -2.28. The third-order valence-corrected chi connectivity index (χ3v) is 5.62. The van der Waals surface area contributed by atoms with Gasteiger partial charge in [-0.15, -0.1) is 0 Å². The Kier molecular flexibility index (Phi) is 6.60. The van der Waals surface area contributed by atoms with Crippen molar-refractivity contribution in [2.45, 2.75) is 26.4 Å². The molecule has 34 heavy (non-hydrogen) atoms. The number of anilines is 1. The third kappa shape index (κ3) is 5.38. The van der Waals surface area contributed by atoms with Crippen LogP contribution in [-0.4, -0.2) is 55.3 Å². The summed E-state index contributed by atoms with van der Waals surface area (Å²) < 4.78 is 10.8. The summed E-state index contributed by atoms with van der Waals surface area (Å²) in [6, 6.07) is 3.52. The zero-order chi connectivity index (χ0) is 24.5. The molecule has 0 atom stereocenters. The number of fused-ring (bicyclic) bond motifs is 1. The fourth-order valence-electron chi connectivity index (χ4n) is 3.00. The number of halogens is 1. The molecule has 0 saturated carbocycles. The molecule has 0 aliphatic heterocycles. The third-order valence-electron chi connectivity index (χ3n) is 4.53. The van der Waals surface area contributed by atoms with Gasteiger partial charge in [0.05, 0.1) is 30.7 Å². The lowest BCUT2D eigenvalue weighted by Gasteiger charge is -2.16. The molecule has 12 heteroatoms. The fourth-order valence-corrected chi connectivity index (χ4v) is 3.96. The van der Waals surface area contributed by atoms with Crippen LogP contribution < -0.4 is 14.8 Å². The molecule has 0 saturated heterocycles. The van der Waals surface area contributed by atoms with Crippen LogP contribution in [0.5, 0.6) is 11.8 Å². The SMILES string of the molecule is COc1cnc(Cl)cc1-c1cc(C)ncc1C(=O)Nc1nc2cnc(OCC(C)(C)O)nc2s1. The largest absolute Gasteiger partial charge is 0.494 e. The van der Waals surface area contributed by atoms with Crippen LogP contribution in [0, 0.1) is 6.92 Å². The summed E-state index contributed by atoms with van der Waals surface area (Å²) in [6.45, 7) is 5.10. The topological polar surface area (TPSA) is 132 Å². The predicted octanol–water partition coefficient (Wildman–Crippen LogP) is 3.92. The maximum absolute atomic E-state index is 13.2. The smallest absolute Gasteiger partial charge is 0.317 e. The molecule has 4 heterocycles. The number of nitrogens with zero attached hydrogens (tertiary/aromatic N) is 5. The fraction of sp³-hybridized carbons (Fsp3) is 0.273. The first-order chi connectivity index (χ1) is 16.1. The quantitative estimate of drug-likeness (QED) is 0.362. The van der Waals surface area contributed by atoms with Crippen molar-refractivity contribution < 1.29 is 19.4 Å². The molecule has 0 aromatic carbocycles. The number of aliphatic hydroxyl groups is 1. The monoisotopic (exact) mass is 500 g/mol. The first kappa shape index (κ1) is 23.7. The number of carbonyl (C=O) groups excluding carboxylic acids is 1. The average molecular weight is 501 g/mol. The summed E-state index contributed by atoms with van der Waals surface area (Å²) in [5.74, 6) is 0.0564. The van der Waals surface area contributed by atoms with Crippen molar-refractivity contribution in [1.82, 2.24) is 24.9 Å². The van der Waals surface area contributed by atoms with Crippen LogP contribution in [0.3, 0.4) is 0 Å². The van der Waals surface area contributed by atoms with Gasteiger partial charge in [0.2, 0.25) is 0 Å². The van der Waals surface area contributed by atoms with E-state index in [1.807, 2.05) is 6.92 Å². The van der Waals surface area contributed by atoms with Crippen molar-refractivity contribution in [3.8, 4) is 22.9 Å². The number of carbonyl (C=O) groups is 1. The molecular weight excluding hydrogens is 480 g/mol. The molecule has 2 N–H and O–H groups in total. The van der Waals surface area contributed by atoms with E-state index in [4.69, 9.17) is 21.1 Å². The Morgan fingerprint density at radius 3 is 2.68 bits per heavy atom. The molecule has 4 aromatic rings. The van der Waals surface area contributed by atoms with Crippen molar-refractivity contribution in [3.63, 3.8) is 0 Å². The van der Waals surface area contributed by atoms with Gasteiger partial charge < -0.3 is 14.6 Å². The summed E-state index contributed by atoms with van der Waals surface area (Å²) in [6.07, 6.45) is 4.49. The van der Waals surface area contributed by atoms with Gasteiger partial charge >= 0.3 is 6.01 Å². The molecule has 0 radical (unpaired) electrons. The first-order valence-electron chi connectivity index (χ1n) is 10.1. The van der Waals surface area contributed by atoms with Gasteiger partial charge in [-0.25, -0.2) is 15.0 Å². The highest BCUT2D eigenvalue weighted by Crippen LogP contribution is 2.34. The number of aromatic nitrogens is 5. The molecule has 0 fully saturated rings. The van der Waals surface area contributed by atoms with E-state index in [0.29, 0.717) is 37.9 Å². The molecular formula is C22H21ClN6O4S. The van der Waals surface area contributed by atoms with Gasteiger partial charge in [-0.05, 0) is 32.9 Å². The number of nitrogens with one attached hydrogen (secondary N) is 1. The number of amides is 1. The Balaban J connectivity index is 1.63. The Labute approximate surface area is 204 Å². The highest BCUT2D eigenvalue weighted by atomic mass is 35.5. The van der Waals surface area contributed by atoms with Crippen molar-refractivity contribution in [1.29, 1.82) is 0 Å². The minimum absolute atomic E-state index is 0.0343. The zero-order valence-electron chi connectivity index (χ0n) is 18.8. The van der Waals surface area contributed by atoms with E-state index in [1.165, 1.54) is 37.0 Å². The Morgan fingerprint density at radius 1 is 1.15 bits per heavy atom. The minimum atomic E-state index is -1.02. The van der Waals surface area contributed by atoms with Gasteiger partial charge in [0.1, 0.15) is 23.0 Å². The van der Waals surface area contributed by atoms with E-state index in [0.717, 1.165) is 5.69 Å². The number of aryl methyl sites for hydroxylation is 1. The minimum Gasteiger partial charge on any atom is -0.494 e. The summed E-state index contributed by atoms with van der Waals surface area (Å²) in [5, 5.41) is 13.2. The molecule has 4 aromatic heterocycles. The van der Waals surface area contributed by atoms with Gasteiger partial charge in [0.25, 0.3) is 5.91 Å². The van der Waals surface area contributed by atoms with Crippen molar-refractivity contribution >= 4 is 44.3 Å². The maximum Gasteiger partial charge on any atom is 0.317 e. The average Bonchev–Trinajstić information content (AvgIpc) is 3.18. The molecule has 0 aliphatic rings. The normalized spacial score (nSPS) is 11.5. The predicted molar refractivity (Wildman–Crippen MR) is 129 cm³/mol. The van der Waals surface area contributed by atoms with E-state index in [2.05, 4.69) is 30.2 Å². The number of ether oxygens (including phenoxy) is 2. The molecule has 4 rings (SSSR count). The molecule has 0 bridgehead atoms. The van der Waals surface area contributed by atoms with Gasteiger partial charge in [-0.2, -0.15) is 4.98 Å². The number of methoxy groups -OCH3 is 1. The van der Waals surface area contributed by atoms with Gasteiger partial charge in [0.15, 0.2) is 9.96 Å². The Hall–Kier alpha value is -3.41. The number of hydrogen-bond acceptors (Lipinski definition) is 10. The van der Waals surface area contributed by atoms with Gasteiger partial charge in [-0.3, -0.25) is 15.1 Å². The van der Waals surface area contributed by atoms with Crippen molar-refractivity contribution in [3.05, 3.63) is 47.1 Å². The molecule has 0 spiro atoms. The van der Waals surface area contributed by atoms with Crippen LogP contribution >= 0.6 is 22.9 Å². The summed E-state index contributed by atoms with van der Waals surface area (Å²) in [7, 11) is 1.52. The second-order valence-electron chi connectivity index (χ2n) is 8.00. The molecule has 1 amide bonds. The first-order valence-corrected chi connectivity index (χ1v) is 11.3. The zero-order valence-corrected chi connectivity index (χ0v) is 20.4. The van der Waals surface area contributed by atoms with Crippen LogP contribution in [0.25, 0.3) is 21.5 Å². The van der Waals surface area contributed by atoms with Crippen LogP contribution in [0.2, 0.25) is 5.15 Å². The summed E-state index contributed by atoms with van der Waals surface area (Å²) in [5.41, 5.74) is 1.71. The van der Waals surface area contributed by atoms with E-state index < -0.39 is 11.5 Å². The Bertz CT molecular complexity index is 1370. The van der Waals surface area contributed by atoms with Crippen LogP contribution in [-0.2, 0) is 0 Å². The van der Waals surface area contributed by atoms with E-state index in [9.17, 15) is 9.90 Å². The van der Waals surface area contributed by atoms with Crippen LogP contribution in [0.1, 0.15) is 29.9 Å². The second kappa shape index (κ2) is 9.45. The van der Waals surface area contributed by atoms with E-state index >= 15 is 0 Å². The highest BCUT2D eigenvalue weighted by molar-refractivity contribution is 7.22. The lowest BCUT2D eigenvalue weighted by molar-refractivity contribution is 0.0251. The number of thiazole rings is 1. The summed E-state index contributed by atoms with van der Waals surface area (Å²) >= 11 is 7.27. The lowest BCUT2D eigenvalue weighted by atomic mass is 10.0. The second-order valence-corrected chi connectivity index (χ2v) is 9.36. The van der Waals surface area contributed by atoms with Crippen molar-refractivity contribution in [2.24, 2.45) is 0 Å². The van der Waals surface area contributed by atoms with Gasteiger partial charge in [0, 0.05) is 23.0 Å². The molecule has 10 nitrogen and oxygen atoms in total. The maximum atomic E-state index is 13.2. The number of hydrogen-bond donors (Lipinski definition) is 2. The highest BCUT2D eigenvalue weighted by Gasteiger charge is 2.20. The van der Waals surface area contributed by atoms with Crippen LogP contribution in [0.4, 0.5) is 5.13 Å². The summed E-state index contributed by atoms with van der Waals surface area (Å²) in [4.78, 5) is 34.8. The number of rotatable bonds is 7. The van der Waals surface area contributed by atoms with Crippen LogP contribution in [0.15, 0.2) is 30.7 Å². The van der Waals surface area contributed by atoms with E-state index in [1.54, 1.807) is 26.0 Å². The molecule has 0 aliphatic carbocycles. The molecule has 0 unspecified atom stereocenters. The Morgan fingerprint density at radius 2 is 1.94 bits per heavy atom. The standard InChI is InChI=1S/C22H21ClN6O4S/c1-11-5-12(13-6-17(23)25-9-16(13)32-4)14(7-24-11)18(30)28-21-27-15-8-26-20(29-19(15)34-21)33-10-22(2,3)31/h5-9,31H,10H2,1-4H3,(H,27,28,30). The van der Waals surface area contributed by atoms with E-state index in [-0.39, 0.29) is 17.8 Å². The van der Waals surface area contributed by atoms with Gasteiger partial charge in [-0.1, -0.05) is 22.9 Å².